The Labute approximate surface area is 249 Å². The van der Waals surface area contributed by atoms with Crippen molar-refractivity contribution in [1.29, 1.82) is 0 Å². The number of carbonyl (C=O) groups is 2. The van der Waals surface area contributed by atoms with Crippen LogP contribution in [0.2, 0.25) is 5.02 Å². The van der Waals surface area contributed by atoms with Gasteiger partial charge in [-0.1, -0.05) is 79.4 Å². The highest BCUT2D eigenvalue weighted by Gasteiger charge is 2.34. The van der Waals surface area contributed by atoms with Gasteiger partial charge in [0.15, 0.2) is 0 Å². The van der Waals surface area contributed by atoms with E-state index < -0.39 is 28.5 Å². The average molecular weight is 598 g/mol. The zero-order valence-electron chi connectivity index (χ0n) is 24.5. The van der Waals surface area contributed by atoms with Gasteiger partial charge in [-0.3, -0.25) is 13.9 Å². The van der Waals surface area contributed by atoms with Gasteiger partial charge >= 0.3 is 0 Å². The predicted octanol–water partition coefficient (Wildman–Crippen LogP) is 6.18. The van der Waals surface area contributed by atoms with Crippen LogP contribution in [0.3, 0.4) is 0 Å². The number of amides is 2. The molecule has 0 saturated carbocycles. The molecule has 0 spiro atoms. The quantitative estimate of drug-likeness (QED) is 0.238. The lowest BCUT2D eigenvalue weighted by molar-refractivity contribution is -0.140. The average Bonchev–Trinajstić information content (AvgIpc) is 2.93. The van der Waals surface area contributed by atoms with Crippen LogP contribution in [0, 0.1) is 20.8 Å². The summed E-state index contributed by atoms with van der Waals surface area (Å²) in [7, 11) is -4.14. The minimum atomic E-state index is -4.14. The summed E-state index contributed by atoms with van der Waals surface area (Å²) < 4.78 is 29.2. The van der Waals surface area contributed by atoms with Crippen LogP contribution in [0.1, 0.15) is 55.4 Å². The number of aryl methyl sites for hydroxylation is 3. The van der Waals surface area contributed by atoms with Gasteiger partial charge < -0.3 is 10.2 Å². The van der Waals surface area contributed by atoms with Crippen molar-refractivity contribution >= 4 is 39.1 Å². The van der Waals surface area contributed by atoms with Gasteiger partial charge in [-0.25, -0.2) is 8.42 Å². The van der Waals surface area contributed by atoms with Crippen LogP contribution >= 0.6 is 11.6 Å². The van der Waals surface area contributed by atoms with Gasteiger partial charge in [0, 0.05) is 18.1 Å². The maximum absolute atomic E-state index is 14.2. The number of benzene rings is 3. The van der Waals surface area contributed by atoms with Gasteiger partial charge in [0.05, 0.1) is 10.6 Å². The number of nitrogens with one attached hydrogen (secondary N) is 1. The molecule has 1 atom stereocenters. The molecule has 7 nitrogen and oxygen atoms in total. The Balaban J connectivity index is 2.06. The van der Waals surface area contributed by atoms with E-state index in [1.54, 1.807) is 37.3 Å². The number of hydrogen-bond acceptors (Lipinski definition) is 4. The summed E-state index contributed by atoms with van der Waals surface area (Å²) in [4.78, 5) is 29.0. The minimum absolute atomic E-state index is 0.0692. The number of unbranched alkanes of at least 4 members (excludes halogenated alkanes) is 1. The molecule has 0 aliphatic carbocycles. The number of halogens is 1. The molecular formula is C32H40ClN3O4S. The number of sulfonamides is 1. The molecule has 1 N–H and O–H groups in total. The molecule has 9 heteroatoms. The Morgan fingerprint density at radius 2 is 1.51 bits per heavy atom. The fraction of sp³-hybridized carbons (Fsp3) is 0.375. The van der Waals surface area contributed by atoms with Gasteiger partial charge in [0.25, 0.3) is 10.0 Å². The molecule has 0 aliphatic heterocycles. The van der Waals surface area contributed by atoms with E-state index in [2.05, 4.69) is 5.32 Å². The number of carbonyl (C=O) groups excluding carboxylic acids is 2. The van der Waals surface area contributed by atoms with E-state index in [0.717, 1.165) is 33.8 Å². The molecule has 0 fully saturated rings. The van der Waals surface area contributed by atoms with Gasteiger partial charge in [-0.2, -0.15) is 0 Å². The maximum atomic E-state index is 14.2. The minimum Gasteiger partial charge on any atom is -0.354 e. The number of nitrogens with zero attached hydrogens (tertiary/aromatic N) is 2. The molecule has 2 amide bonds. The third-order valence-corrected chi connectivity index (χ3v) is 9.01. The third-order valence-electron chi connectivity index (χ3n) is 7.00. The molecule has 220 valence electrons. The maximum Gasteiger partial charge on any atom is 0.264 e. The van der Waals surface area contributed by atoms with Crippen molar-refractivity contribution in [1.82, 2.24) is 10.2 Å². The Morgan fingerprint density at radius 1 is 0.902 bits per heavy atom. The van der Waals surface area contributed by atoms with Crippen molar-refractivity contribution < 1.29 is 18.0 Å². The largest absolute Gasteiger partial charge is 0.354 e. The Hall–Kier alpha value is -3.36. The topological polar surface area (TPSA) is 86.8 Å². The van der Waals surface area contributed by atoms with Crippen molar-refractivity contribution in [3.8, 4) is 0 Å². The van der Waals surface area contributed by atoms with Crippen molar-refractivity contribution in [2.24, 2.45) is 0 Å². The summed E-state index contributed by atoms with van der Waals surface area (Å²) in [5.41, 5.74) is 3.79. The van der Waals surface area contributed by atoms with E-state index in [9.17, 15) is 18.0 Å². The Bertz CT molecular complexity index is 1440. The second kappa shape index (κ2) is 14.5. The molecule has 1 unspecified atom stereocenters. The van der Waals surface area contributed by atoms with Crippen molar-refractivity contribution in [2.45, 2.75) is 71.4 Å². The lowest BCUT2D eigenvalue weighted by atomic mass is 10.1. The smallest absolute Gasteiger partial charge is 0.264 e. The summed E-state index contributed by atoms with van der Waals surface area (Å²) in [6, 6.07) is 18.4. The van der Waals surface area contributed by atoms with Crippen molar-refractivity contribution in [3.63, 3.8) is 0 Å². The van der Waals surface area contributed by atoms with Gasteiger partial charge in [0.2, 0.25) is 11.8 Å². The summed E-state index contributed by atoms with van der Waals surface area (Å²) in [5.74, 6) is -0.731. The van der Waals surface area contributed by atoms with E-state index in [4.69, 9.17) is 11.6 Å². The first-order chi connectivity index (χ1) is 19.5. The standard InChI is InChI=1S/C32H40ClN3O4S/c1-6-8-19-34-32(38)29(7-2)35(21-26-13-9-23(3)10-14-26)31(37)22-36(30-18-15-27(33)20-25(30)5)41(39,40)28-16-11-24(4)12-17-28/h9-18,20,29H,6-8,19,21-22H2,1-5H3,(H,34,38). The van der Waals surface area contributed by atoms with E-state index in [1.165, 1.54) is 17.0 Å². The molecule has 0 bridgehead atoms. The van der Waals surface area contributed by atoms with Gasteiger partial charge in [0.1, 0.15) is 12.6 Å². The van der Waals surface area contributed by atoms with Gasteiger partial charge in [-0.15, -0.1) is 0 Å². The predicted molar refractivity (Wildman–Crippen MR) is 166 cm³/mol. The van der Waals surface area contributed by atoms with Crippen LogP contribution in [0.5, 0.6) is 0 Å². The van der Waals surface area contributed by atoms with E-state index in [0.29, 0.717) is 29.2 Å². The second-order valence-corrected chi connectivity index (χ2v) is 12.6. The molecular weight excluding hydrogens is 558 g/mol. The number of hydrogen-bond donors (Lipinski definition) is 1. The zero-order chi connectivity index (χ0) is 30.2. The van der Waals surface area contributed by atoms with E-state index in [-0.39, 0.29) is 17.3 Å². The SMILES string of the molecule is CCCCNC(=O)C(CC)N(Cc1ccc(C)cc1)C(=O)CN(c1ccc(Cl)cc1C)S(=O)(=O)c1ccc(C)cc1. The Morgan fingerprint density at radius 3 is 2.07 bits per heavy atom. The van der Waals surface area contributed by atoms with E-state index in [1.807, 2.05) is 52.0 Å². The van der Waals surface area contributed by atoms with Crippen LogP contribution in [0.4, 0.5) is 5.69 Å². The number of anilines is 1. The van der Waals surface area contributed by atoms with Crippen LogP contribution in [-0.4, -0.2) is 44.3 Å². The molecule has 3 aromatic rings. The molecule has 0 aromatic heterocycles. The molecule has 41 heavy (non-hydrogen) atoms. The molecule has 0 aliphatic rings. The van der Waals surface area contributed by atoms with Crippen LogP contribution < -0.4 is 9.62 Å². The lowest BCUT2D eigenvalue weighted by Crippen LogP contribution is -2.52. The Kier molecular flexibility index (Phi) is 11.4. The monoisotopic (exact) mass is 597 g/mol. The second-order valence-electron chi connectivity index (χ2n) is 10.3. The fourth-order valence-electron chi connectivity index (χ4n) is 4.57. The summed E-state index contributed by atoms with van der Waals surface area (Å²) in [6.07, 6.45) is 2.13. The van der Waals surface area contributed by atoms with Crippen LogP contribution in [0.15, 0.2) is 71.6 Å². The van der Waals surface area contributed by atoms with Gasteiger partial charge in [-0.05, 0) is 75.1 Å². The highest BCUT2D eigenvalue weighted by Crippen LogP contribution is 2.29. The first-order valence-electron chi connectivity index (χ1n) is 14.0. The van der Waals surface area contributed by atoms with Crippen molar-refractivity contribution in [2.75, 3.05) is 17.4 Å². The third kappa shape index (κ3) is 8.33. The lowest BCUT2D eigenvalue weighted by Gasteiger charge is -2.33. The summed E-state index contributed by atoms with van der Waals surface area (Å²) in [5, 5.41) is 3.41. The van der Waals surface area contributed by atoms with E-state index >= 15 is 0 Å². The molecule has 3 aromatic carbocycles. The first-order valence-corrected chi connectivity index (χ1v) is 15.8. The normalized spacial score (nSPS) is 12.0. The number of rotatable bonds is 13. The zero-order valence-corrected chi connectivity index (χ0v) is 26.1. The molecule has 3 rings (SSSR count). The summed E-state index contributed by atoms with van der Waals surface area (Å²) >= 11 is 6.19. The van der Waals surface area contributed by atoms with Crippen molar-refractivity contribution in [3.05, 3.63) is 94.0 Å². The molecule has 0 radical (unpaired) electrons. The highest BCUT2D eigenvalue weighted by atomic mass is 35.5. The first kappa shape index (κ1) is 32.2. The molecule has 0 heterocycles. The summed E-state index contributed by atoms with van der Waals surface area (Å²) in [6.45, 7) is 9.69. The van der Waals surface area contributed by atoms with Crippen LogP contribution in [0.25, 0.3) is 0 Å². The molecule has 0 saturated heterocycles. The fourth-order valence-corrected chi connectivity index (χ4v) is 6.27. The van der Waals surface area contributed by atoms with Crippen LogP contribution in [-0.2, 0) is 26.2 Å². The highest BCUT2D eigenvalue weighted by molar-refractivity contribution is 7.92.